The van der Waals surface area contributed by atoms with Crippen LogP contribution < -0.4 is 5.32 Å². The van der Waals surface area contributed by atoms with Gasteiger partial charge in [-0.05, 0) is 12.3 Å². The molecule has 2 aliphatic carbocycles. The molecule has 0 radical (unpaired) electrons. The lowest BCUT2D eigenvalue weighted by molar-refractivity contribution is -0.145. The highest BCUT2D eigenvalue weighted by molar-refractivity contribution is 9.09. The van der Waals surface area contributed by atoms with Crippen LogP contribution in [0.2, 0.25) is 0 Å². The number of halogens is 1. The van der Waals surface area contributed by atoms with Crippen molar-refractivity contribution in [3.8, 4) is 11.3 Å². The van der Waals surface area contributed by atoms with Gasteiger partial charge < -0.3 is 10.1 Å². The van der Waals surface area contributed by atoms with Gasteiger partial charge in [0.05, 0.1) is 22.4 Å². The molecule has 2 heterocycles. The zero-order chi connectivity index (χ0) is 17.1. The van der Waals surface area contributed by atoms with Crippen LogP contribution in [0.3, 0.4) is 0 Å². The maximum Gasteiger partial charge on any atom is 0.310 e. The summed E-state index contributed by atoms with van der Waals surface area (Å²) in [6.45, 7) is 0. The SMILES string of the molecule is O=C(Nc1nc(-c2ccccc2)cs1)[C@@H]1[C@H]2C[C@H]3[C@H](OC(=O)[C@H]31)[C@@H]2Br. The highest BCUT2D eigenvalue weighted by atomic mass is 79.9. The van der Waals surface area contributed by atoms with Gasteiger partial charge in [0.15, 0.2) is 5.13 Å². The topological polar surface area (TPSA) is 68.3 Å². The molecule has 1 aliphatic heterocycles. The van der Waals surface area contributed by atoms with Crippen molar-refractivity contribution in [3.63, 3.8) is 0 Å². The molecule has 5 nitrogen and oxygen atoms in total. The van der Waals surface area contributed by atoms with Crippen LogP contribution in [0, 0.1) is 23.7 Å². The van der Waals surface area contributed by atoms with Crippen LogP contribution in [-0.2, 0) is 14.3 Å². The van der Waals surface area contributed by atoms with Crippen LogP contribution in [0.25, 0.3) is 11.3 Å². The zero-order valence-corrected chi connectivity index (χ0v) is 15.5. The number of hydrogen-bond donors (Lipinski definition) is 1. The molecule has 1 aromatic carbocycles. The van der Waals surface area contributed by atoms with Crippen molar-refractivity contribution in [2.45, 2.75) is 17.4 Å². The Morgan fingerprint density at radius 3 is 2.88 bits per heavy atom. The number of fused-ring (bicyclic) bond motifs is 1. The molecule has 3 aliphatic rings. The summed E-state index contributed by atoms with van der Waals surface area (Å²) in [7, 11) is 0. The summed E-state index contributed by atoms with van der Waals surface area (Å²) in [4.78, 5) is 29.6. The van der Waals surface area contributed by atoms with E-state index < -0.39 is 0 Å². The number of anilines is 1. The fourth-order valence-corrected chi connectivity index (χ4v) is 6.36. The van der Waals surface area contributed by atoms with Gasteiger partial charge in [-0.2, -0.15) is 0 Å². The quantitative estimate of drug-likeness (QED) is 0.612. The lowest BCUT2D eigenvalue weighted by Gasteiger charge is -2.27. The van der Waals surface area contributed by atoms with Crippen LogP contribution in [-0.4, -0.2) is 27.8 Å². The van der Waals surface area contributed by atoms with Gasteiger partial charge in [0.25, 0.3) is 0 Å². The molecule has 2 bridgehead atoms. The maximum atomic E-state index is 12.9. The summed E-state index contributed by atoms with van der Waals surface area (Å²) in [6.07, 6.45) is 0.818. The normalized spacial score (nSPS) is 35.0. The molecule has 1 N–H and O–H groups in total. The number of carbonyl (C=O) groups excluding carboxylic acids is 2. The number of hydrogen-bond acceptors (Lipinski definition) is 5. The zero-order valence-electron chi connectivity index (χ0n) is 13.1. The number of nitrogens with zero attached hydrogens (tertiary/aromatic N) is 1. The van der Waals surface area contributed by atoms with Gasteiger partial charge in [0, 0.05) is 16.9 Å². The number of alkyl halides is 1. The van der Waals surface area contributed by atoms with E-state index in [-0.39, 0.29) is 46.5 Å². The predicted octanol–water partition coefficient (Wildman–Crippen LogP) is 3.32. The lowest BCUT2D eigenvalue weighted by Crippen LogP contribution is -2.40. The number of esters is 1. The van der Waals surface area contributed by atoms with Crippen molar-refractivity contribution in [3.05, 3.63) is 35.7 Å². The van der Waals surface area contributed by atoms with Gasteiger partial charge in [0.2, 0.25) is 5.91 Å². The standard InChI is InChI=1S/C18H15BrN2O3S/c19-14-9-6-10-13(17(23)24-15(10)14)12(9)16(22)21-18-20-11(7-25-18)8-4-2-1-3-5-8/h1-5,7,9-10,12-15H,6H2,(H,20,21,22)/t9-,10-,12-,13-,14-,15+/m1/s1. The van der Waals surface area contributed by atoms with Crippen LogP contribution in [0.1, 0.15) is 6.42 Å². The van der Waals surface area contributed by atoms with E-state index in [1.54, 1.807) is 0 Å². The molecular weight excluding hydrogens is 404 g/mol. The molecule has 2 aromatic rings. The van der Waals surface area contributed by atoms with Gasteiger partial charge in [-0.1, -0.05) is 46.3 Å². The van der Waals surface area contributed by atoms with Gasteiger partial charge in [-0.3, -0.25) is 9.59 Å². The van der Waals surface area contributed by atoms with E-state index in [2.05, 4.69) is 26.2 Å². The minimum atomic E-state index is -0.329. The number of thiazole rings is 1. The number of nitrogens with one attached hydrogen (secondary N) is 1. The molecule has 2 saturated carbocycles. The lowest BCUT2D eigenvalue weighted by atomic mass is 9.79. The van der Waals surface area contributed by atoms with Crippen molar-refractivity contribution in [1.82, 2.24) is 4.98 Å². The summed E-state index contributed by atoms with van der Waals surface area (Å²) < 4.78 is 5.47. The number of rotatable bonds is 3. The average molecular weight is 419 g/mol. The van der Waals surface area contributed by atoms with Crippen LogP contribution >= 0.6 is 27.3 Å². The average Bonchev–Trinajstić information content (AvgIpc) is 3.34. The minimum Gasteiger partial charge on any atom is -0.461 e. The Kier molecular flexibility index (Phi) is 3.50. The van der Waals surface area contributed by atoms with E-state index in [0.717, 1.165) is 17.7 Å². The number of benzene rings is 1. The predicted molar refractivity (Wildman–Crippen MR) is 97.4 cm³/mol. The first kappa shape index (κ1) is 15.5. The van der Waals surface area contributed by atoms with Crippen molar-refractivity contribution >= 4 is 44.3 Å². The molecule has 128 valence electrons. The van der Waals surface area contributed by atoms with Crippen molar-refractivity contribution in [2.24, 2.45) is 23.7 Å². The van der Waals surface area contributed by atoms with Crippen LogP contribution in [0.15, 0.2) is 35.7 Å². The molecule has 5 rings (SSSR count). The van der Waals surface area contributed by atoms with Gasteiger partial charge >= 0.3 is 5.97 Å². The number of aromatic nitrogens is 1. The number of carbonyl (C=O) groups is 2. The molecule has 7 heteroatoms. The van der Waals surface area contributed by atoms with Crippen LogP contribution in [0.5, 0.6) is 0 Å². The highest BCUT2D eigenvalue weighted by Gasteiger charge is 2.67. The first-order valence-corrected chi connectivity index (χ1v) is 10.1. The Morgan fingerprint density at radius 1 is 1.28 bits per heavy atom. The molecule has 3 fully saturated rings. The Bertz CT molecular complexity index is 855. The maximum absolute atomic E-state index is 12.9. The Morgan fingerprint density at radius 2 is 2.08 bits per heavy atom. The van der Waals surface area contributed by atoms with Crippen molar-refractivity contribution in [2.75, 3.05) is 5.32 Å². The first-order chi connectivity index (χ1) is 12.1. The largest absolute Gasteiger partial charge is 0.461 e. The fourth-order valence-electron chi connectivity index (χ4n) is 4.59. The van der Waals surface area contributed by atoms with Crippen molar-refractivity contribution in [1.29, 1.82) is 0 Å². The van der Waals surface area contributed by atoms with E-state index in [1.807, 2.05) is 35.7 Å². The third kappa shape index (κ3) is 2.29. The van der Waals surface area contributed by atoms with E-state index >= 15 is 0 Å². The van der Waals surface area contributed by atoms with Crippen LogP contribution in [0.4, 0.5) is 5.13 Å². The third-order valence-corrected chi connectivity index (χ3v) is 7.59. The Hall–Kier alpha value is -1.73. The minimum absolute atomic E-state index is 0.0592. The fraction of sp³-hybridized carbons (Fsp3) is 0.389. The Labute approximate surface area is 156 Å². The molecule has 0 unspecified atom stereocenters. The third-order valence-electron chi connectivity index (χ3n) is 5.63. The van der Waals surface area contributed by atoms with E-state index in [4.69, 9.17) is 4.74 Å². The summed E-state index contributed by atoms with van der Waals surface area (Å²) in [5.41, 5.74) is 1.86. The van der Waals surface area contributed by atoms with Gasteiger partial charge in [-0.25, -0.2) is 4.98 Å². The second kappa shape index (κ2) is 5.64. The second-order valence-corrected chi connectivity index (χ2v) is 8.77. The van der Waals surface area contributed by atoms with E-state index in [0.29, 0.717) is 5.13 Å². The molecular formula is C18H15BrN2O3S. The number of amides is 1. The molecule has 25 heavy (non-hydrogen) atoms. The molecule has 1 saturated heterocycles. The molecule has 6 atom stereocenters. The summed E-state index contributed by atoms with van der Waals surface area (Å²) in [5.74, 6) is -0.632. The van der Waals surface area contributed by atoms with Gasteiger partial charge in [0.1, 0.15) is 6.10 Å². The van der Waals surface area contributed by atoms with E-state index in [9.17, 15) is 9.59 Å². The second-order valence-electron chi connectivity index (χ2n) is 6.85. The summed E-state index contributed by atoms with van der Waals surface area (Å²) >= 11 is 5.04. The first-order valence-electron chi connectivity index (χ1n) is 8.30. The molecule has 0 spiro atoms. The van der Waals surface area contributed by atoms with Gasteiger partial charge in [-0.15, -0.1) is 11.3 Å². The highest BCUT2D eigenvalue weighted by Crippen LogP contribution is 2.60. The van der Waals surface area contributed by atoms with Crippen molar-refractivity contribution < 1.29 is 14.3 Å². The van der Waals surface area contributed by atoms with E-state index in [1.165, 1.54) is 11.3 Å². The number of ether oxygens (including phenoxy) is 1. The molecule has 1 amide bonds. The molecule has 1 aromatic heterocycles. The Balaban J connectivity index is 1.36. The summed E-state index contributed by atoms with van der Waals surface area (Å²) in [5, 5.41) is 5.42. The summed E-state index contributed by atoms with van der Waals surface area (Å²) in [6, 6.07) is 9.85. The monoisotopic (exact) mass is 418 g/mol. The smallest absolute Gasteiger partial charge is 0.310 e.